The molecule has 3 aromatic rings. The summed E-state index contributed by atoms with van der Waals surface area (Å²) in [5, 5.41) is 0. The van der Waals surface area contributed by atoms with Gasteiger partial charge in [0.25, 0.3) is 0 Å². The Morgan fingerprint density at radius 3 is 2.18 bits per heavy atom. The van der Waals surface area contributed by atoms with Crippen LogP contribution >= 0.6 is 0 Å². The number of rotatable bonds is 7. The second kappa shape index (κ2) is 8.96. The SMILES string of the molecule is Cc1ccc(C(CCCc2cccc(Oc3ccccc3)c2)C(F)(F)F)cc1. The maximum Gasteiger partial charge on any atom is 0.395 e. The van der Waals surface area contributed by atoms with Crippen molar-refractivity contribution in [3.8, 4) is 11.5 Å². The molecule has 0 spiro atoms. The van der Waals surface area contributed by atoms with Crippen LogP contribution in [0.4, 0.5) is 13.2 Å². The molecule has 0 aliphatic carbocycles. The Hall–Kier alpha value is -2.75. The number of alkyl halides is 3. The average molecular weight is 384 g/mol. The molecule has 0 aromatic heterocycles. The van der Waals surface area contributed by atoms with Crippen LogP contribution in [0.25, 0.3) is 0 Å². The molecule has 4 heteroatoms. The van der Waals surface area contributed by atoms with E-state index in [0.29, 0.717) is 24.2 Å². The quantitative estimate of drug-likeness (QED) is 0.411. The summed E-state index contributed by atoms with van der Waals surface area (Å²) in [6.07, 6.45) is -3.15. The molecule has 1 unspecified atom stereocenters. The monoisotopic (exact) mass is 384 g/mol. The lowest BCUT2D eigenvalue weighted by Gasteiger charge is -2.21. The van der Waals surface area contributed by atoms with Crippen molar-refractivity contribution >= 4 is 0 Å². The second-order valence-corrected chi connectivity index (χ2v) is 6.96. The normalized spacial score (nSPS) is 12.6. The van der Waals surface area contributed by atoms with Crippen molar-refractivity contribution in [2.45, 2.75) is 38.3 Å². The standard InChI is InChI=1S/C24H23F3O/c1-18-13-15-20(16-14-18)23(24(25,26)27)12-6-8-19-7-5-11-22(17-19)28-21-9-3-2-4-10-21/h2-5,7,9-11,13-17,23H,6,8,12H2,1H3. The highest BCUT2D eigenvalue weighted by Gasteiger charge is 2.39. The largest absolute Gasteiger partial charge is 0.457 e. The average Bonchev–Trinajstić information content (AvgIpc) is 2.66. The third-order valence-corrected chi connectivity index (χ3v) is 4.71. The van der Waals surface area contributed by atoms with E-state index in [2.05, 4.69) is 0 Å². The van der Waals surface area contributed by atoms with E-state index >= 15 is 0 Å². The molecule has 0 saturated heterocycles. The van der Waals surface area contributed by atoms with Crippen molar-refractivity contribution in [3.05, 3.63) is 95.6 Å². The van der Waals surface area contributed by atoms with Crippen molar-refractivity contribution in [3.63, 3.8) is 0 Å². The summed E-state index contributed by atoms with van der Waals surface area (Å²) in [7, 11) is 0. The first kappa shape index (κ1) is 20.0. The fraction of sp³-hybridized carbons (Fsp3) is 0.250. The Kier molecular flexibility index (Phi) is 6.40. The Morgan fingerprint density at radius 2 is 1.50 bits per heavy atom. The smallest absolute Gasteiger partial charge is 0.395 e. The van der Waals surface area contributed by atoms with Crippen LogP contribution in [0, 0.1) is 6.92 Å². The summed E-state index contributed by atoms with van der Waals surface area (Å²) in [4.78, 5) is 0. The van der Waals surface area contributed by atoms with E-state index in [9.17, 15) is 13.2 Å². The lowest BCUT2D eigenvalue weighted by molar-refractivity contribution is -0.152. The number of para-hydroxylation sites is 1. The number of ether oxygens (including phenoxy) is 1. The molecule has 1 nitrogen and oxygen atoms in total. The van der Waals surface area contributed by atoms with Crippen LogP contribution in [0.3, 0.4) is 0 Å². The predicted molar refractivity (Wildman–Crippen MR) is 106 cm³/mol. The van der Waals surface area contributed by atoms with Crippen LogP contribution < -0.4 is 4.74 Å². The summed E-state index contributed by atoms with van der Waals surface area (Å²) in [5.74, 6) is -0.0115. The molecule has 0 aliphatic rings. The number of hydrogen-bond acceptors (Lipinski definition) is 1. The van der Waals surface area contributed by atoms with Crippen molar-refractivity contribution in [1.29, 1.82) is 0 Å². The van der Waals surface area contributed by atoms with Gasteiger partial charge >= 0.3 is 6.18 Å². The summed E-state index contributed by atoms with van der Waals surface area (Å²) >= 11 is 0. The Balaban J connectivity index is 1.62. The molecular weight excluding hydrogens is 361 g/mol. The highest BCUT2D eigenvalue weighted by molar-refractivity contribution is 5.34. The fourth-order valence-electron chi connectivity index (χ4n) is 3.22. The van der Waals surface area contributed by atoms with Crippen molar-refractivity contribution in [2.24, 2.45) is 0 Å². The van der Waals surface area contributed by atoms with Crippen LogP contribution in [0.1, 0.15) is 35.4 Å². The van der Waals surface area contributed by atoms with Gasteiger partial charge in [0.05, 0.1) is 5.92 Å². The van der Waals surface area contributed by atoms with Crippen LogP contribution in [0.15, 0.2) is 78.9 Å². The molecule has 0 amide bonds. The number of benzene rings is 3. The number of aryl methyl sites for hydroxylation is 2. The second-order valence-electron chi connectivity index (χ2n) is 6.96. The minimum absolute atomic E-state index is 0.0658. The van der Waals surface area contributed by atoms with E-state index in [1.54, 1.807) is 24.3 Å². The van der Waals surface area contributed by atoms with Gasteiger partial charge in [0.15, 0.2) is 0 Å². The van der Waals surface area contributed by atoms with Gasteiger partial charge in [-0.2, -0.15) is 13.2 Å². The first-order chi connectivity index (χ1) is 13.4. The zero-order chi connectivity index (χ0) is 20.0. The van der Waals surface area contributed by atoms with Gasteiger partial charge in [0, 0.05) is 0 Å². The van der Waals surface area contributed by atoms with Gasteiger partial charge < -0.3 is 4.74 Å². The third kappa shape index (κ3) is 5.62. The Bertz CT molecular complexity index is 870. The molecule has 0 heterocycles. The highest BCUT2D eigenvalue weighted by atomic mass is 19.4. The topological polar surface area (TPSA) is 9.23 Å². The molecule has 0 aliphatic heterocycles. The molecule has 3 rings (SSSR count). The first-order valence-electron chi connectivity index (χ1n) is 9.37. The van der Waals surface area contributed by atoms with Gasteiger partial charge in [-0.05, 0) is 61.6 Å². The van der Waals surface area contributed by atoms with Gasteiger partial charge in [-0.3, -0.25) is 0 Å². The molecule has 28 heavy (non-hydrogen) atoms. The van der Waals surface area contributed by atoms with Crippen LogP contribution in [-0.4, -0.2) is 6.18 Å². The van der Waals surface area contributed by atoms with E-state index in [-0.39, 0.29) is 6.42 Å². The van der Waals surface area contributed by atoms with Crippen LogP contribution in [-0.2, 0) is 6.42 Å². The number of hydrogen-bond donors (Lipinski definition) is 0. The Labute approximate surface area is 163 Å². The first-order valence-corrected chi connectivity index (χ1v) is 9.37. The summed E-state index contributed by atoms with van der Waals surface area (Å²) < 4.78 is 46.4. The molecule has 0 saturated carbocycles. The minimum atomic E-state index is -4.24. The molecule has 0 N–H and O–H groups in total. The van der Waals surface area contributed by atoms with Gasteiger partial charge in [-0.1, -0.05) is 60.2 Å². The lowest BCUT2D eigenvalue weighted by atomic mass is 9.91. The predicted octanol–water partition coefficient (Wildman–Crippen LogP) is 7.46. The zero-order valence-electron chi connectivity index (χ0n) is 15.7. The summed E-state index contributed by atoms with van der Waals surface area (Å²) in [5.41, 5.74) is 2.26. The van der Waals surface area contributed by atoms with Crippen molar-refractivity contribution in [2.75, 3.05) is 0 Å². The van der Waals surface area contributed by atoms with Gasteiger partial charge in [-0.15, -0.1) is 0 Å². The van der Waals surface area contributed by atoms with E-state index < -0.39 is 12.1 Å². The van der Waals surface area contributed by atoms with E-state index in [4.69, 9.17) is 4.74 Å². The molecule has 3 aromatic carbocycles. The lowest BCUT2D eigenvalue weighted by Crippen LogP contribution is -2.21. The Morgan fingerprint density at radius 1 is 0.821 bits per heavy atom. The van der Waals surface area contributed by atoms with Crippen LogP contribution in [0.5, 0.6) is 11.5 Å². The molecule has 0 radical (unpaired) electrons. The van der Waals surface area contributed by atoms with Crippen LogP contribution in [0.2, 0.25) is 0 Å². The van der Waals surface area contributed by atoms with E-state index in [1.807, 2.05) is 61.5 Å². The van der Waals surface area contributed by atoms with Crippen molar-refractivity contribution < 1.29 is 17.9 Å². The molecule has 1 atom stereocenters. The zero-order valence-corrected chi connectivity index (χ0v) is 15.7. The van der Waals surface area contributed by atoms with E-state index in [0.717, 1.165) is 16.9 Å². The van der Waals surface area contributed by atoms with Gasteiger partial charge in [0.1, 0.15) is 11.5 Å². The minimum Gasteiger partial charge on any atom is -0.457 e. The maximum atomic E-state index is 13.5. The summed E-state index contributed by atoms with van der Waals surface area (Å²) in [6, 6.07) is 23.6. The number of halogens is 3. The van der Waals surface area contributed by atoms with E-state index in [1.165, 1.54) is 0 Å². The summed E-state index contributed by atoms with van der Waals surface area (Å²) in [6.45, 7) is 1.87. The van der Waals surface area contributed by atoms with Crippen molar-refractivity contribution in [1.82, 2.24) is 0 Å². The molecule has 0 bridgehead atoms. The third-order valence-electron chi connectivity index (χ3n) is 4.71. The highest BCUT2D eigenvalue weighted by Crippen LogP contribution is 2.38. The molecule has 0 fully saturated rings. The molecule has 146 valence electrons. The maximum absolute atomic E-state index is 13.5. The fourth-order valence-corrected chi connectivity index (χ4v) is 3.22. The van der Waals surface area contributed by atoms with Gasteiger partial charge in [-0.25, -0.2) is 0 Å². The van der Waals surface area contributed by atoms with Gasteiger partial charge in [0.2, 0.25) is 0 Å². The molecular formula is C24H23F3O.